The molecule has 1 saturated carbocycles. The van der Waals surface area contributed by atoms with Crippen molar-refractivity contribution in [3.05, 3.63) is 22.4 Å². The number of thioether (sulfide) groups is 1. The van der Waals surface area contributed by atoms with Crippen LogP contribution in [0.5, 0.6) is 0 Å². The standard InChI is InChI=1S/C14H16N2O3S2/c17-12-8-21-14(19)16(12)10-5-2-1-4-9(10)15-13(18)11-6-3-7-20-11/h3,6-7,9-10H,1-2,4-5,8H2,(H,15,18)/t9-,10-/m0/s1. The fourth-order valence-electron chi connectivity index (χ4n) is 2.92. The lowest BCUT2D eigenvalue weighted by atomic mass is 9.89. The van der Waals surface area contributed by atoms with E-state index in [1.165, 1.54) is 16.2 Å². The summed E-state index contributed by atoms with van der Waals surface area (Å²) in [6.45, 7) is 0. The van der Waals surface area contributed by atoms with E-state index in [0.717, 1.165) is 37.4 Å². The number of imide groups is 1. The van der Waals surface area contributed by atoms with Gasteiger partial charge in [-0.2, -0.15) is 0 Å². The molecule has 5 nitrogen and oxygen atoms in total. The minimum Gasteiger partial charge on any atom is -0.347 e. The molecule has 112 valence electrons. The molecule has 3 amide bonds. The van der Waals surface area contributed by atoms with Crippen LogP contribution in [0, 0.1) is 0 Å². The van der Waals surface area contributed by atoms with Crippen molar-refractivity contribution < 1.29 is 14.4 Å². The third kappa shape index (κ3) is 2.98. The molecule has 0 unspecified atom stereocenters. The highest BCUT2D eigenvalue weighted by molar-refractivity contribution is 8.14. The summed E-state index contributed by atoms with van der Waals surface area (Å²) in [4.78, 5) is 38.0. The summed E-state index contributed by atoms with van der Waals surface area (Å²) in [5.41, 5.74) is 0. The summed E-state index contributed by atoms with van der Waals surface area (Å²) in [5.74, 6) is -0.0260. The van der Waals surface area contributed by atoms with Crippen LogP contribution in [0.4, 0.5) is 4.79 Å². The van der Waals surface area contributed by atoms with Crippen molar-refractivity contribution in [2.24, 2.45) is 0 Å². The molecule has 0 spiro atoms. The highest BCUT2D eigenvalue weighted by atomic mass is 32.2. The van der Waals surface area contributed by atoms with E-state index >= 15 is 0 Å². The van der Waals surface area contributed by atoms with Gasteiger partial charge in [0.2, 0.25) is 5.91 Å². The van der Waals surface area contributed by atoms with Crippen LogP contribution in [0.25, 0.3) is 0 Å². The van der Waals surface area contributed by atoms with Gasteiger partial charge < -0.3 is 5.32 Å². The second-order valence-corrected chi connectivity index (χ2v) is 7.10. The van der Waals surface area contributed by atoms with Crippen molar-refractivity contribution in [2.45, 2.75) is 37.8 Å². The van der Waals surface area contributed by atoms with Crippen LogP contribution in [0.2, 0.25) is 0 Å². The first kappa shape index (κ1) is 14.6. The third-order valence-electron chi connectivity index (χ3n) is 3.91. The number of hydrogen-bond donors (Lipinski definition) is 1. The Balaban J connectivity index is 1.74. The minimum atomic E-state index is -0.197. The van der Waals surface area contributed by atoms with Crippen LogP contribution in [-0.2, 0) is 4.79 Å². The molecule has 2 aliphatic rings. The number of thiophene rings is 1. The zero-order chi connectivity index (χ0) is 14.8. The van der Waals surface area contributed by atoms with Crippen molar-refractivity contribution >= 4 is 40.2 Å². The summed E-state index contributed by atoms with van der Waals surface area (Å²) >= 11 is 2.44. The first-order chi connectivity index (χ1) is 10.2. The molecule has 0 radical (unpaired) electrons. The second kappa shape index (κ2) is 6.19. The van der Waals surface area contributed by atoms with E-state index in [-0.39, 0.29) is 34.9 Å². The number of nitrogens with one attached hydrogen (secondary N) is 1. The predicted molar refractivity (Wildman–Crippen MR) is 82.5 cm³/mol. The summed E-state index contributed by atoms with van der Waals surface area (Å²) in [5, 5.41) is 4.69. The van der Waals surface area contributed by atoms with E-state index in [2.05, 4.69) is 5.32 Å². The van der Waals surface area contributed by atoms with Gasteiger partial charge in [-0.25, -0.2) is 0 Å². The Hall–Kier alpha value is -1.34. The van der Waals surface area contributed by atoms with Gasteiger partial charge in [-0.3, -0.25) is 19.3 Å². The maximum absolute atomic E-state index is 12.2. The third-order valence-corrected chi connectivity index (χ3v) is 5.61. The zero-order valence-electron chi connectivity index (χ0n) is 11.4. The molecule has 1 saturated heterocycles. The average Bonchev–Trinajstić information content (AvgIpc) is 3.11. The van der Waals surface area contributed by atoms with Gasteiger partial charge >= 0.3 is 0 Å². The maximum Gasteiger partial charge on any atom is 0.289 e. The molecule has 1 aliphatic carbocycles. The number of amides is 3. The minimum absolute atomic E-state index is 0.117. The molecule has 0 aromatic carbocycles. The maximum atomic E-state index is 12.2. The monoisotopic (exact) mass is 324 g/mol. The Morgan fingerprint density at radius 1 is 1.29 bits per heavy atom. The van der Waals surface area contributed by atoms with Crippen molar-refractivity contribution in [3.8, 4) is 0 Å². The van der Waals surface area contributed by atoms with E-state index in [1.54, 1.807) is 6.07 Å². The predicted octanol–water partition coefficient (Wildman–Crippen LogP) is 2.48. The molecular formula is C14H16N2O3S2. The van der Waals surface area contributed by atoms with Crippen LogP contribution in [0.3, 0.4) is 0 Å². The van der Waals surface area contributed by atoms with Crippen molar-refractivity contribution in [1.82, 2.24) is 10.2 Å². The van der Waals surface area contributed by atoms with E-state index in [1.807, 2.05) is 11.4 Å². The lowest BCUT2D eigenvalue weighted by Gasteiger charge is -2.36. The zero-order valence-corrected chi connectivity index (χ0v) is 13.0. The summed E-state index contributed by atoms with van der Waals surface area (Å²) in [7, 11) is 0. The Bertz CT molecular complexity index is 543. The van der Waals surface area contributed by atoms with Crippen LogP contribution < -0.4 is 5.32 Å². The van der Waals surface area contributed by atoms with E-state index in [4.69, 9.17) is 0 Å². The molecule has 1 N–H and O–H groups in total. The molecule has 0 bridgehead atoms. The number of carbonyl (C=O) groups is 3. The Morgan fingerprint density at radius 2 is 2.10 bits per heavy atom. The molecule has 3 rings (SSSR count). The SMILES string of the molecule is O=C(N[C@H]1CCCC[C@@H]1N1C(=O)CSC1=O)c1cccs1. The highest BCUT2D eigenvalue weighted by Crippen LogP contribution is 2.30. The van der Waals surface area contributed by atoms with Gasteiger partial charge in [-0.05, 0) is 24.3 Å². The smallest absolute Gasteiger partial charge is 0.289 e. The Kier molecular flexibility index (Phi) is 4.30. The van der Waals surface area contributed by atoms with Gasteiger partial charge in [-0.15, -0.1) is 11.3 Å². The molecule has 1 aromatic rings. The van der Waals surface area contributed by atoms with Gasteiger partial charge in [0, 0.05) is 0 Å². The van der Waals surface area contributed by atoms with Crippen LogP contribution in [-0.4, -0.2) is 39.8 Å². The number of nitrogens with zero attached hydrogens (tertiary/aromatic N) is 1. The lowest BCUT2D eigenvalue weighted by Crippen LogP contribution is -2.54. The highest BCUT2D eigenvalue weighted by Gasteiger charge is 2.41. The van der Waals surface area contributed by atoms with Crippen LogP contribution in [0.15, 0.2) is 17.5 Å². The summed E-state index contributed by atoms with van der Waals surface area (Å²) in [6.07, 6.45) is 3.57. The number of carbonyl (C=O) groups excluding carboxylic acids is 3. The molecular weight excluding hydrogens is 308 g/mol. The van der Waals surface area contributed by atoms with E-state index in [9.17, 15) is 14.4 Å². The van der Waals surface area contributed by atoms with Crippen molar-refractivity contribution in [1.29, 1.82) is 0 Å². The largest absolute Gasteiger partial charge is 0.347 e. The summed E-state index contributed by atoms with van der Waals surface area (Å²) in [6, 6.07) is 3.28. The lowest BCUT2D eigenvalue weighted by molar-refractivity contribution is -0.127. The Morgan fingerprint density at radius 3 is 2.76 bits per heavy atom. The molecule has 1 aliphatic heterocycles. The fourth-order valence-corrected chi connectivity index (χ4v) is 4.31. The van der Waals surface area contributed by atoms with E-state index < -0.39 is 0 Å². The fraction of sp³-hybridized carbons (Fsp3) is 0.500. The quantitative estimate of drug-likeness (QED) is 0.927. The summed E-state index contributed by atoms with van der Waals surface area (Å²) < 4.78 is 0. The number of hydrogen-bond acceptors (Lipinski definition) is 5. The van der Waals surface area contributed by atoms with Gasteiger partial charge in [0.05, 0.1) is 22.7 Å². The molecule has 21 heavy (non-hydrogen) atoms. The average molecular weight is 324 g/mol. The van der Waals surface area contributed by atoms with Gasteiger partial charge in [0.25, 0.3) is 11.1 Å². The second-order valence-electron chi connectivity index (χ2n) is 5.23. The first-order valence-corrected chi connectivity index (χ1v) is 8.86. The molecule has 2 atom stereocenters. The Labute approximate surface area is 131 Å². The first-order valence-electron chi connectivity index (χ1n) is 7.00. The molecule has 2 heterocycles. The molecule has 1 aromatic heterocycles. The van der Waals surface area contributed by atoms with Crippen molar-refractivity contribution in [2.75, 3.05) is 5.75 Å². The number of rotatable bonds is 3. The van der Waals surface area contributed by atoms with Gasteiger partial charge in [-0.1, -0.05) is 30.7 Å². The van der Waals surface area contributed by atoms with Crippen LogP contribution >= 0.6 is 23.1 Å². The van der Waals surface area contributed by atoms with Gasteiger partial charge in [0.15, 0.2) is 0 Å². The molecule has 2 fully saturated rings. The topological polar surface area (TPSA) is 66.5 Å². The van der Waals surface area contributed by atoms with Gasteiger partial charge in [0.1, 0.15) is 0 Å². The van der Waals surface area contributed by atoms with Crippen LogP contribution in [0.1, 0.15) is 35.4 Å². The molecule has 7 heteroatoms. The van der Waals surface area contributed by atoms with Crippen molar-refractivity contribution in [3.63, 3.8) is 0 Å². The normalized spacial score (nSPS) is 26.2. The van der Waals surface area contributed by atoms with E-state index in [0.29, 0.717) is 4.88 Å².